The highest BCUT2D eigenvalue weighted by Gasteiger charge is 2.24. The second kappa shape index (κ2) is 7.96. The van der Waals surface area contributed by atoms with Crippen LogP contribution in [-0.4, -0.2) is 14.9 Å². The normalized spacial score (nSPS) is 10.5. The third-order valence-corrected chi connectivity index (χ3v) is 4.67. The molecule has 7 nitrogen and oxygen atoms in total. The standard InChI is InChI=1S/C17H12Cl3N5O2/c1-9-11(19)3-2-4-13(9)23-16-15(25(26)27)17(22-8-21-16)24-14-6-5-10(18)7-12(14)20/h2-8H,1H3,(H2,21,22,23,24). The summed E-state index contributed by atoms with van der Waals surface area (Å²) in [6, 6.07) is 9.94. The minimum absolute atomic E-state index is 0.0126. The van der Waals surface area contributed by atoms with Crippen molar-refractivity contribution in [2.24, 2.45) is 0 Å². The van der Waals surface area contributed by atoms with Crippen LogP contribution < -0.4 is 10.6 Å². The molecule has 138 valence electrons. The average molecular weight is 425 g/mol. The van der Waals surface area contributed by atoms with E-state index in [1.54, 1.807) is 37.3 Å². The maximum absolute atomic E-state index is 11.7. The van der Waals surface area contributed by atoms with Crippen LogP contribution in [0.25, 0.3) is 0 Å². The molecule has 10 heteroatoms. The molecule has 0 aliphatic heterocycles. The van der Waals surface area contributed by atoms with E-state index >= 15 is 0 Å². The summed E-state index contributed by atoms with van der Waals surface area (Å²) in [4.78, 5) is 19.1. The van der Waals surface area contributed by atoms with Crippen LogP contribution in [0.1, 0.15) is 5.56 Å². The molecule has 0 unspecified atom stereocenters. The van der Waals surface area contributed by atoms with Gasteiger partial charge in [-0.15, -0.1) is 0 Å². The Bertz CT molecular complexity index is 1030. The van der Waals surface area contributed by atoms with E-state index in [-0.39, 0.29) is 17.3 Å². The van der Waals surface area contributed by atoms with E-state index < -0.39 is 4.92 Å². The maximum atomic E-state index is 11.7. The minimum Gasteiger partial charge on any atom is -0.334 e. The van der Waals surface area contributed by atoms with Crippen molar-refractivity contribution in [3.63, 3.8) is 0 Å². The number of anilines is 4. The van der Waals surface area contributed by atoms with Gasteiger partial charge in [0.2, 0.25) is 11.6 Å². The lowest BCUT2D eigenvalue weighted by Crippen LogP contribution is -2.06. The van der Waals surface area contributed by atoms with Crippen molar-refractivity contribution in [2.75, 3.05) is 10.6 Å². The van der Waals surface area contributed by atoms with Crippen molar-refractivity contribution in [2.45, 2.75) is 6.92 Å². The first kappa shape index (κ1) is 19.2. The molecule has 0 bridgehead atoms. The van der Waals surface area contributed by atoms with Gasteiger partial charge in [-0.25, -0.2) is 9.97 Å². The lowest BCUT2D eigenvalue weighted by molar-refractivity contribution is -0.383. The fourth-order valence-corrected chi connectivity index (χ4v) is 2.95. The summed E-state index contributed by atoms with van der Waals surface area (Å²) < 4.78 is 0. The molecule has 0 aliphatic rings. The molecule has 0 aliphatic carbocycles. The fraction of sp³-hybridized carbons (Fsp3) is 0.0588. The van der Waals surface area contributed by atoms with Crippen molar-refractivity contribution in [3.05, 3.63) is 73.5 Å². The van der Waals surface area contributed by atoms with Gasteiger partial charge >= 0.3 is 5.69 Å². The topological polar surface area (TPSA) is 93.0 Å². The van der Waals surface area contributed by atoms with Gasteiger partial charge in [0, 0.05) is 15.7 Å². The van der Waals surface area contributed by atoms with Crippen LogP contribution in [0.2, 0.25) is 15.1 Å². The monoisotopic (exact) mass is 423 g/mol. The zero-order valence-electron chi connectivity index (χ0n) is 13.8. The Labute approximate surface area is 169 Å². The zero-order valence-corrected chi connectivity index (χ0v) is 16.1. The summed E-state index contributed by atoms with van der Waals surface area (Å²) in [7, 11) is 0. The Kier molecular flexibility index (Phi) is 5.65. The van der Waals surface area contributed by atoms with Crippen molar-refractivity contribution >= 4 is 63.5 Å². The molecule has 0 saturated heterocycles. The van der Waals surface area contributed by atoms with Crippen LogP contribution in [0.5, 0.6) is 0 Å². The van der Waals surface area contributed by atoms with Gasteiger partial charge in [-0.3, -0.25) is 10.1 Å². The highest BCUT2D eigenvalue weighted by molar-refractivity contribution is 6.36. The number of rotatable bonds is 5. The van der Waals surface area contributed by atoms with E-state index in [1.165, 1.54) is 12.4 Å². The third kappa shape index (κ3) is 4.21. The van der Waals surface area contributed by atoms with Crippen LogP contribution in [-0.2, 0) is 0 Å². The molecule has 0 amide bonds. The first-order valence-corrected chi connectivity index (χ1v) is 8.74. The molecule has 27 heavy (non-hydrogen) atoms. The Morgan fingerprint density at radius 2 is 1.63 bits per heavy atom. The molecule has 2 aromatic carbocycles. The number of benzene rings is 2. The summed E-state index contributed by atoms with van der Waals surface area (Å²) in [5.74, 6) is 0.00866. The quantitative estimate of drug-likeness (QED) is 0.377. The van der Waals surface area contributed by atoms with Crippen LogP contribution >= 0.6 is 34.8 Å². The van der Waals surface area contributed by atoms with E-state index in [4.69, 9.17) is 34.8 Å². The summed E-state index contributed by atoms with van der Waals surface area (Å²) in [5.41, 5.74) is 1.43. The molecular weight excluding hydrogens is 413 g/mol. The van der Waals surface area contributed by atoms with Crippen molar-refractivity contribution in [1.29, 1.82) is 0 Å². The number of nitrogens with one attached hydrogen (secondary N) is 2. The Morgan fingerprint density at radius 3 is 2.26 bits per heavy atom. The lowest BCUT2D eigenvalue weighted by Gasteiger charge is -2.12. The maximum Gasteiger partial charge on any atom is 0.353 e. The molecule has 0 radical (unpaired) electrons. The lowest BCUT2D eigenvalue weighted by atomic mass is 10.2. The molecule has 1 heterocycles. The van der Waals surface area contributed by atoms with Crippen LogP contribution in [0.3, 0.4) is 0 Å². The van der Waals surface area contributed by atoms with Crippen LogP contribution in [0, 0.1) is 17.0 Å². The predicted octanol–water partition coefficient (Wildman–Crippen LogP) is 6.14. The van der Waals surface area contributed by atoms with Gasteiger partial charge in [0.25, 0.3) is 0 Å². The van der Waals surface area contributed by atoms with Gasteiger partial charge in [-0.1, -0.05) is 40.9 Å². The number of halogens is 3. The largest absolute Gasteiger partial charge is 0.353 e. The van der Waals surface area contributed by atoms with E-state index in [1.807, 2.05) is 0 Å². The van der Waals surface area contributed by atoms with Crippen LogP contribution in [0.4, 0.5) is 28.7 Å². The molecule has 0 atom stereocenters. The van der Waals surface area contributed by atoms with Gasteiger partial charge in [-0.05, 0) is 42.8 Å². The van der Waals surface area contributed by atoms with Gasteiger partial charge < -0.3 is 10.6 Å². The SMILES string of the molecule is Cc1c(Cl)cccc1Nc1ncnc(Nc2ccc(Cl)cc2Cl)c1[N+](=O)[O-]. The third-order valence-electron chi connectivity index (χ3n) is 3.71. The Morgan fingerprint density at radius 1 is 0.963 bits per heavy atom. The number of hydrogen-bond acceptors (Lipinski definition) is 6. The van der Waals surface area contributed by atoms with E-state index in [9.17, 15) is 10.1 Å². The molecular formula is C17H12Cl3N5O2. The second-order valence-corrected chi connectivity index (χ2v) is 6.71. The van der Waals surface area contributed by atoms with Gasteiger partial charge in [0.1, 0.15) is 6.33 Å². The van der Waals surface area contributed by atoms with Crippen molar-refractivity contribution in [3.8, 4) is 0 Å². The highest BCUT2D eigenvalue weighted by Crippen LogP contribution is 2.36. The number of nitro groups is 1. The summed E-state index contributed by atoms with van der Waals surface area (Å²) in [6.07, 6.45) is 1.21. The van der Waals surface area contributed by atoms with Gasteiger partial charge in [0.15, 0.2) is 0 Å². The molecule has 1 aromatic heterocycles. The van der Waals surface area contributed by atoms with E-state index in [0.29, 0.717) is 26.4 Å². The average Bonchev–Trinajstić information content (AvgIpc) is 2.61. The second-order valence-electron chi connectivity index (χ2n) is 5.46. The number of hydrogen-bond donors (Lipinski definition) is 2. The molecule has 3 aromatic rings. The van der Waals surface area contributed by atoms with Gasteiger partial charge in [0.05, 0.1) is 15.6 Å². The van der Waals surface area contributed by atoms with Crippen molar-refractivity contribution < 1.29 is 4.92 Å². The summed E-state index contributed by atoms with van der Waals surface area (Å²) >= 11 is 18.1. The van der Waals surface area contributed by atoms with E-state index in [2.05, 4.69) is 20.6 Å². The summed E-state index contributed by atoms with van der Waals surface area (Å²) in [6.45, 7) is 1.80. The Hall–Kier alpha value is -2.61. The predicted molar refractivity (Wildman–Crippen MR) is 108 cm³/mol. The first-order chi connectivity index (χ1) is 12.9. The molecule has 2 N–H and O–H groups in total. The van der Waals surface area contributed by atoms with Crippen LogP contribution in [0.15, 0.2) is 42.7 Å². The fourth-order valence-electron chi connectivity index (χ4n) is 2.32. The zero-order chi connectivity index (χ0) is 19.6. The first-order valence-electron chi connectivity index (χ1n) is 7.60. The molecule has 0 fully saturated rings. The molecule has 0 saturated carbocycles. The number of aromatic nitrogens is 2. The smallest absolute Gasteiger partial charge is 0.334 e. The van der Waals surface area contributed by atoms with Gasteiger partial charge in [-0.2, -0.15) is 0 Å². The Balaban J connectivity index is 2.02. The highest BCUT2D eigenvalue weighted by atomic mass is 35.5. The van der Waals surface area contributed by atoms with E-state index in [0.717, 1.165) is 5.56 Å². The van der Waals surface area contributed by atoms with Crippen molar-refractivity contribution in [1.82, 2.24) is 9.97 Å². The number of nitrogens with zero attached hydrogens (tertiary/aromatic N) is 3. The summed E-state index contributed by atoms with van der Waals surface area (Å²) in [5, 5.41) is 18.8. The molecule has 3 rings (SSSR count). The molecule has 0 spiro atoms. The minimum atomic E-state index is -0.575.